The van der Waals surface area contributed by atoms with Crippen molar-refractivity contribution < 1.29 is 15.0 Å². The molecule has 3 N–H and O–H groups in total. The molecule has 0 saturated heterocycles. The van der Waals surface area contributed by atoms with Crippen molar-refractivity contribution in [3.63, 3.8) is 0 Å². The molecule has 0 aliphatic heterocycles. The number of allylic oxidation sites excluding steroid dienone is 3. The summed E-state index contributed by atoms with van der Waals surface area (Å²) in [4.78, 5) is 12.4. The van der Waals surface area contributed by atoms with Crippen LogP contribution in [0.15, 0.2) is 24.3 Å². The van der Waals surface area contributed by atoms with Crippen LogP contribution in [0.25, 0.3) is 0 Å². The highest BCUT2D eigenvalue weighted by atomic mass is 16.3. The predicted molar refractivity (Wildman–Crippen MR) is 272 cm³/mol. The summed E-state index contributed by atoms with van der Waals surface area (Å²) in [5, 5.41) is 23.1. The normalized spacial score (nSPS) is 12.9. The van der Waals surface area contributed by atoms with Gasteiger partial charge in [0.2, 0.25) is 5.91 Å². The first-order chi connectivity index (χ1) is 30.2. The zero-order chi connectivity index (χ0) is 44.2. The van der Waals surface area contributed by atoms with Crippen LogP contribution in [0.5, 0.6) is 0 Å². The molecule has 0 aliphatic carbocycles. The first-order valence-electron chi connectivity index (χ1n) is 28.1. The summed E-state index contributed by atoms with van der Waals surface area (Å²) in [6, 6.07) is -0.625. The minimum absolute atomic E-state index is 0.0685. The van der Waals surface area contributed by atoms with E-state index in [-0.39, 0.29) is 12.5 Å². The van der Waals surface area contributed by atoms with Gasteiger partial charge in [-0.05, 0) is 44.9 Å². The van der Waals surface area contributed by atoms with Crippen LogP contribution in [-0.4, -0.2) is 34.9 Å². The van der Waals surface area contributed by atoms with Crippen LogP contribution in [0.4, 0.5) is 0 Å². The molecule has 0 bridgehead atoms. The minimum Gasteiger partial charge on any atom is -0.394 e. The van der Waals surface area contributed by atoms with Crippen molar-refractivity contribution in [3.8, 4) is 0 Å². The third-order valence-electron chi connectivity index (χ3n) is 13.2. The van der Waals surface area contributed by atoms with Crippen molar-refractivity contribution in [2.24, 2.45) is 0 Å². The van der Waals surface area contributed by atoms with Gasteiger partial charge in [-0.3, -0.25) is 4.79 Å². The third-order valence-corrected chi connectivity index (χ3v) is 13.2. The minimum atomic E-state index is -0.841. The number of amides is 1. The molecule has 0 aliphatic rings. The van der Waals surface area contributed by atoms with Gasteiger partial charge in [-0.25, -0.2) is 0 Å². The van der Waals surface area contributed by atoms with E-state index in [4.69, 9.17) is 0 Å². The number of nitrogens with one attached hydrogen (secondary N) is 1. The molecule has 0 aromatic heterocycles. The maximum Gasteiger partial charge on any atom is 0.220 e. The summed E-state index contributed by atoms with van der Waals surface area (Å²) in [7, 11) is 0. The lowest BCUT2D eigenvalue weighted by Gasteiger charge is -2.20. The Labute approximate surface area is 383 Å². The lowest BCUT2D eigenvalue weighted by atomic mass is 10.0. The van der Waals surface area contributed by atoms with Gasteiger partial charge in [0.15, 0.2) is 0 Å². The molecule has 2 atom stereocenters. The number of aliphatic hydroxyl groups is 2. The van der Waals surface area contributed by atoms with Crippen LogP contribution in [-0.2, 0) is 4.79 Å². The Hall–Kier alpha value is -1.13. The summed E-state index contributed by atoms with van der Waals surface area (Å²) in [5.74, 6) is -0.0685. The van der Waals surface area contributed by atoms with Gasteiger partial charge in [0.05, 0.1) is 18.8 Å². The Morgan fingerprint density at radius 2 is 0.623 bits per heavy atom. The highest BCUT2D eigenvalue weighted by molar-refractivity contribution is 5.76. The smallest absolute Gasteiger partial charge is 0.220 e. The number of hydrogen-bond donors (Lipinski definition) is 3. The van der Waals surface area contributed by atoms with E-state index in [9.17, 15) is 15.0 Å². The highest BCUT2D eigenvalue weighted by Crippen LogP contribution is 2.18. The van der Waals surface area contributed by atoms with E-state index in [0.29, 0.717) is 6.42 Å². The molecule has 2 unspecified atom stereocenters. The molecule has 0 rings (SSSR count). The first-order valence-corrected chi connectivity index (χ1v) is 28.1. The lowest BCUT2D eigenvalue weighted by Crippen LogP contribution is -2.45. The van der Waals surface area contributed by atoms with Gasteiger partial charge in [0.1, 0.15) is 0 Å². The van der Waals surface area contributed by atoms with E-state index in [1.807, 2.05) is 6.08 Å². The zero-order valence-electron chi connectivity index (χ0n) is 41.7. The first kappa shape index (κ1) is 59.9. The number of carbonyl (C=O) groups excluding carboxylic acids is 1. The molecule has 0 aromatic carbocycles. The molecule has 362 valence electrons. The van der Waals surface area contributed by atoms with Crippen LogP contribution >= 0.6 is 0 Å². The predicted octanol–water partition coefficient (Wildman–Crippen LogP) is 18.3. The molecule has 4 heteroatoms. The van der Waals surface area contributed by atoms with Crippen molar-refractivity contribution in [2.45, 2.75) is 328 Å². The Morgan fingerprint density at radius 1 is 0.377 bits per heavy atom. The summed E-state index contributed by atoms with van der Waals surface area (Å²) in [6.45, 7) is 4.33. The largest absolute Gasteiger partial charge is 0.394 e. The standard InChI is InChI=1S/C57H111NO3/c1-3-5-7-9-11-13-15-17-19-21-22-23-24-25-26-27-28-29-30-31-32-33-34-35-36-37-38-40-42-44-46-48-50-52-56(60)55(54-59)58-57(61)53-51-49-47-45-43-41-39-20-18-16-14-12-10-8-6-4-2/h20,39,50,52,55-56,59-60H,3-19,21-38,40-49,51,53-54H2,1-2H3,(H,58,61)/b39-20-,52-50+. The van der Waals surface area contributed by atoms with E-state index in [1.165, 1.54) is 263 Å². The fourth-order valence-corrected chi connectivity index (χ4v) is 8.88. The van der Waals surface area contributed by atoms with Crippen molar-refractivity contribution in [1.29, 1.82) is 0 Å². The lowest BCUT2D eigenvalue weighted by molar-refractivity contribution is -0.123. The molecule has 61 heavy (non-hydrogen) atoms. The van der Waals surface area contributed by atoms with Gasteiger partial charge in [0.25, 0.3) is 0 Å². The maximum absolute atomic E-state index is 12.4. The Kier molecular flexibility index (Phi) is 52.2. The van der Waals surface area contributed by atoms with Crippen LogP contribution < -0.4 is 5.32 Å². The SMILES string of the molecule is CCCCCCCCC/C=C\CCCCCCCC(=O)NC(CO)C(O)/C=C/CCCCCCCCCCCCCCCCCCCCCCCCCCCCCCCCC. The number of unbranched alkanes of at least 4 members (excludes halogenated alkanes) is 43. The number of aliphatic hydroxyl groups excluding tert-OH is 2. The second-order valence-electron chi connectivity index (χ2n) is 19.4. The summed E-state index contributed by atoms with van der Waals surface area (Å²) in [6.07, 6.45) is 70.6. The fraction of sp³-hybridized carbons (Fsp3) is 0.912. The summed E-state index contributed by atoms with van der Waals surface area (Å²) >= 11 is 0. The molecule has 0 fully saturated rings. The number of rotatable bonds is 52. The second kappa shape index (κ2) is 53.2. The molecule has 0 radical (unpaired) electrons. The second-order valence-corrected chi connectivity index (χ2v) is 19.4. The Balaban J connectivity index is 3.43. The molecule has 0 aromatic rings. The van der Waals surface area contributed by atoms with Gasteiger partial charge in [0, 0.05) is 6.42 Å². The Bertz CT molecular complexity index is 886. The quantitative estimate of drug-likeness (QED) is 0.0422. The molecular weight excluding hydrogens is 747 g/mol. The van der Waals surface area contributed by atoms with E-state index < -0.39 is 12.1 Å². The van der Waals surface area contributed by atoms with E-state index in [0.717, 1.165) is 32.1 Å². The molecule has 0 heterocycles. The molecule has 1 amide bonds. The highest BCUT2D eigenvalue weighted by Gasteiger charge is 2.18. The number of hydrogen-bond acceptors (Lipinski definition) is 3. The van der Waals surface area contributed by atoms with Gasteiger partial charge < -0.3 is 15.5 Å². The summed E-state index contributed by atoms with van der Waals surface area (Å²) in [5.41, 5.74) is 0. The maximum atomic E-state index is 12.4. The van der Waals surface area contributed by atoms with Crippen LogP contribution in [0.3, 0.4) is 0 Å². The average Bonchev–Trinajstić information content (AvgIpc) is 3.26. The number of carbonyl (C=O) groups is 1. The zero-order valence-corrected chi connectivity index (χ0v) is 41.7. The average molecular weight is 859 g/mol. The van der Waals surface area contributed by atoms with Crippen LogP contribution in [0, 0.1) is 0 Å². The van der Waals surface area contributed by atoms with Gasteiger partial charge >= 0.3 is 0 Å². The monoisotopic (exact) mass is 858 g/mol. The van der Waals surface area contributed by atoms with E-state index in [1.54, 1.807) is 6.08 Å². The molecule has 0 saturated carbocycles. The van der Waals surface area contributed by atoms with E-state index >= 15 is 0 Å². The van der Waals surface area contributed by atoms with Crippen LogP contribution in [0.2, 0.25) is 0 Å². The van der Waals surface area contributed by atoms with Crippen molar-refractivity contribution in [1.82, 2.24) is 5.32 Å². The molecular formula is C57H111NO3. The summed E-state index contributed by atoms with van der Waals surface area (Å²) < 4.78 is 0. The van der Waals surface area contributed by atoms with Crippen molar-refractivity contribution >= 4 is 5.91 Å². The van der Waals surface area contributed by atoms with Crippen LogP contribution in [0.1, 0.15) is 316 Å². The van der Waals surface area contributed by atoms with Crippen molar-refractivity contribution in [2.75, 3.05) is 6.61 Å². The van der Waals surface area contributed by atoms with Gasteiger partial charge in [-0.15, -0.1) is 0 Å². The van der Waals surface area contributed by atoms with Gasteiger partial charge in [-0.2, -0.15) is 0 Å². The topological polar surface area (TPSA) is 69.6 Å². The van der Waals surface area contributed by atoms with E-state index in [2.05, 4.69) is 31.3 Å². The molecule has 4 nitrogen and oxygen atoms in total. The van der Waals surface area contributed by atoms with Gasteiger partial charge in [-0.1, -0.05) is 289 Å². The fourth-order valence-electron chi connectivity index (χ4n) is 8.88. The Morgan fingerprint density at radius 3 is 0.902 bits per heavy atom. The molecule has 0 spiro atoms. The van der Waals surface area contributed by atoms with Crippen molar-refractivity contribution in [3.05, 3.63) is 24.3 Å². The third kappa shape index (κ3) is 49.7.